The summed E-state index contributed by atoms with van der Waals surface area (Å²) in [5, 5.41) is 15.2. The quantitative estimate of drug-likeness (QED) is 0.214. The Morgan fingerprint density at radius 1 is 0.861 bits per heavy atom. The largest absolute Gasteiger partial charge is 0.508 e. The first-order chi connectivity index (χ1) is 17.4. The number of nitrogens with zero attached hydrogens (tertiary/aromatic N) is 1. The lowest BCUT2D eigenvalue weighted by atomic mass is 9.91. The third kappa shape index (κ3) is 6.12. The fraction of sp³-hybridized carbons (Fsp3) is 0.194. The van der Waals surface area contributed by atoms with Gasteiger partial charge in [-0.25, -0.2) is 0 Å². The number of hydrogen-bond acceptors (Lipinski definition) is 4. The molecule has 184 valence electrons. The molecule has 0 fully saturated rings. The summed E-state index contributed by atoms with van der Waals surface area (Å²) in [5.41, 5.74) is 3.95. The van der Waals surface area contributed by atoms with Crippen LogP contribution in [0.5, 0.6) is 11.5 Å². The summed E-state index contributed by atoms with van der Waals surface area (Å²) >= 11 is 0. The second-order valence-electron chi connectivity index (χ2n) is 8.95. The minimum Gasteiger partial charge on any atom is -0.508 e. The van der Waals surface area contributed by atoms with E-state index in [2.05, 4.69) is 47.5 Å². The van der Waals surface area contributed by atoms with Crippen molar-refractivity contribution in [2.75, 3.05) is 32.6 Å². The smallest absolute Gasteiger partial charge is 0.256 e. The Morgan fingerprint density at radius 3 is 2.19 bits per heavy atom. The van der Waals surface area contributed by atoms with E-state index in [9.17, 15) is 9.90 Å². The number of anilines is 1. The molecule has 2 N–H and O–H groups in total. The molecular formula is C31H32N2O3. The lowest BCUT2D eigenvalue weighted by molar-refractivity contribution is -0.111. The Hall–Kier alpha value is -4.09. The number of allylic oxidation sites excluding steroid dienone is 1. The number of benzene rings is 4. The maximum absolute atomic E-state index is 13.7. The molecule has 36 heavy (non-hydrogen) atoms. The molecule has 0 heterocycles. The Balaban J connectivity index is 1.67. The zero-order valence-corrected chi connectivity index (χ0v) is 21.0. The number of fused-ring (bicyclic) bond motifs is 1. The minimum atomic E-state index is -0.202. The third-order valence-electron chi connectivity index (χ3n) is 6.06. The fourth-order valence-corrected chi connectivity index (χ4v) is 4.15. The average molecular weight is 481 g/mol. The van der Waals surface area contributed by atoms with Gasteiger partial charge in [0.2, 0.25) is 0 Å². The van der Waals surface area contributed by atoms with Gasteiger partial charge in [-0.2, -0.15) is 0 Å². The highest BCUT2D eigenvalue weighted by Gasteiger charge is 2.19. The van der Waals surface area contributed by atoms with Gasteiger partial charge in [0.05, 0.1) is 5.57 Å². The fourth-order valence-electron chi connectivity index (χ4n) is 4.15. The lowest BCUT2D eigenvalue weighted by Gasteiger charge is -2.17. The van der Waals surface area contributed by atoms with Gasteiger partial charge in [0, 0.05) is 12.2 Å². The van der Waals surface area contributed by atoms with Gasteiger partial charge >= 0.3 is 0 Å². The number of amides is 1. The van der Waals surface area contributed by atoms with Crippen molar-refractivity contribution in [2.45, 2.75) is 13.3 Å². The molecule has 0 saturated heterocycles. The first kappa shape index (κ1) is 25.0. The summed E-state index contributed by atoms with van der Waals surface area (Å²) in [6, 6.07) is 28.7. The van der Waals surface area contributed by atoms with Gasteiger partial charge in [0.15, 0.2) is 0 Å². The van der Waals surface area contributed by atoms with Crippen molar-refractivity contribution >= 4 is 33.5 Å². The molecular weight excluding hydrogens is 448 g/mol. The van der Waals surface area contributed by atoms with E-state index >= 15 is 0 Å². The molecule has 0 unspecified atom stereocenters. The van der Waals surface area contributed by atoms with Crippen LogP contribution in [-0.2, 0) is 4.79 Å². The molecule has 0 saturated carbocycles. The molecule has 4 rings (SSSR count). The number of phenols is 1. The Labute approximate surface area is 212 Å². The number of carbonyl (C=O) groups excluding carboxylic acids is 1. The molecule has 5 heteroatoms. The maximum Gasteiger partial charge on any atom is 0.256 e. The standard InChI is InChI=1S/C31H32N2O3/c1-4-29(25-10-9-22-7-5-6-8-24(22)21-25)30(23-11-15-27(34)16-12-23)31(35)32-26-13-17-28(18-14-26)36-20-19-33(2)3/h5-18,21,34H,4,19-20H2,1-3H3,(H,32,35)/b30-29+. The van der Waals surface area contributed by atoms with Gasteiger partial charge in [-0.05, 0) is 90.5 Å². The SMILES string of the molecule is CC/C(=C(\C(=O)Nc1ccc(OCCN(C)C)cc1)c1ccc(O)cc1)c1ccc2ccccc2c1. The van der Waals surface area contributed by atoms with E-state index < -0.39 is 0 Å². The molecule has 5 nitrogen and oxygen atoms in total. The lowest BCUT2D eigenvalue weighted by Crippen LogP contribution is -2.19. The second kappa shape index (κ2) is 11.6. The van der Waals surface area contributed by atoms with Crippen molar-refractivity contribution in [2.24, 2.45) is 0 Å². The van der Waals surface area contributed by atoms with Crippen LogP contribution in [0.4, 0.5) is 5.69 Å². The Bertz CT molecular complexity index is 1360. The van der Waals surface area contributed by atoms with Crippen LogP contribution in [0.25, 0.3) is 21.9 Å². The molecule has 0 aliphatic rings. The van der Waals surface area contributed by atoms with Crippen molar-refractivity contribution in [3.63, 3.8) is 0 Å². The molecule has 0 aromatic heterocycles. The van der Waals surface area contributed by atoms with Gasteiger partial charge in [-0.3, -0.25) is 4.79 Å². The van der Waals surface area contributed by atoms with Gasteiger partial charge in [-0.1, -0.05) is 55.5 Å². The summed E-state index contributed by atoms with van der Waals surface area (Å²) in [6.45, 7) is 3.48. The van der Waals surface area contributed by atoms with Crippen LogP contribution in [0.3, 0.4) is 0 Å². The second-order valence-corrected chi connectivity index (χ2v) is 8.95. The van der Waals surface area contributed by atoms with E-state index in [0.717, 1.165) is 39.8 Å². The minimum absolute atomic E-state index is 0.159. The van der Waals surface area contributed by atoms with E-state index in [1.54, 1.807) is 24.3 Å². The summed E-state index contributed by atoms with van der Waals surface area (Å²) in [6.07, 6.45) is 0.667. The van der Waals surface area contributed by atoms with Crippen LogP contribution in [0.1, 0.15) is 24.5 Å². The highest BCUT2D eigenvalue weighted by atomic mass is 16.5. The molecule has 0 atom stereocenters. The van der Waals surface area contributed by atoms with Crippen molar-refractivity contribution < 1.29 is 14.6 Å². The van der Waals surface area contributed by atoms with Crippen LogP contribution < -0.4 is 10.1 Å². The molecule has 0 spiro atoms. The van der Waals surface area contributed by atoms with Gasteiger partial charge in [0.25, 0.3) is 5.91 Å². The van der Waals surface area contributed by atoms with Crippen LogP contribution in [0, 0.1) is 0 Å². The van der Waals surface area contributed by atoms with Crippen LogP contribution in [0.2, 0.25) is 0 Å². The molecule has 0 aliphatic carbocycles. The molecule has 1 amide bonds. The predicted octanol–water partition coefficient (Wildman–Crippen LogP) is 6.45. The van der Waals surface area contributed by atoms with Gasteiger partial charge < -0.3 is 20.1 Å². The topological polar surface area (TPSA) is 61.8 Å². The zero-order valence-electron chi connectivity index (χ0n) is 21.0. The number of nitrogens with one attached hydrogen (secondary N) is 1. The van der Waals surface area contributed by atoms with Crippen LogP contribution >= 0.6 is 0 Å². The summed E-state index contributed by atoms with van der Waals surface area (Å²) in [7, 11) is 4.01. The number of ether oxygens (including phenoxy) is 1. The number of phenolic OH excluding ortho intramolecular Hbond substituents is 1. The monoisotopic (exact) mass is 480 g/mol. The summed E-state index contributed by atoms with van der Waals surface area (Å²) in [5.74, 6) is 0.716. The van der Waals surface area contributed by atoms with E-state index in [-0.39, 0.29) is 11.7 Å². The molecule has 4 aromatic carbocycles. The van der Waals surface area contributed by atoms with Crippen LogP contribution in [-0.4, -0.2) is 43.2 Å². The van der Waals surface area contributed by atoms with Crippen molar-refractivity contribution in [3.05, 3.63) is 102 Å². The number of rotatable bonds is 9. The van der Waals surface area contributed by atoms with E-state index in [1.165, 1.54) is 0 Å². The molecule has 4 aromatic rings. The Kier molecular flexibility index (Phi) is 8.03. The first-order valence-electron chi connectivity index (χ1n) is 12.1. The zero-order chi connectivity index (χ0) is 25.5. The van der Waals surface area contributed by atoms with Crippen LogP contribution in [0.15, 0.2) is 91.0 Å². The van der Waals surface area contributed by atoms with E-state index in [1.807, 2.05) is 50.5 Å². The third-order valence-corrected chi connectivity index (χ3v) is 6.06. The number of likely N-dealkylation sites (N-methyl/N-ethyl adjacent to an activating group) is 1. The Morgan fingerprint density at radius 2 is 1.53 bits per heavy atom. The summed E-state index contributed by atoms with van der Waals surface area (Å²) < 4.78 is 5.77. The maximum atomic E-state index is 13.7. The van der Waals surface area contributed by atoms with E-state index in [0.29, 0.717) is 24.3 Å². The predicted molar refractivity (Wildman–Crippen MR) is 148 cm³/mol. The number of carbonyl (C=O) groups is 1. The normalized spacial score (nSPS) is 11.9. The molecule has 0 aliphatic heterocycles. The summed E-state index contributed by atoms with van der Waals surface area (Å²) in [4.78, 5) is 15.8. The molecule has 0 radical (unpaired) electrons. The van der Waals surface area contributed by atoms with E-state index in [4.69, 9.17) is 4.74 Å². The number of aromatic hydroxyl groups is 1. The molecule has 0 bridgehead atoms. The van der Waals surface area contributed by atoms with Gasteiger partial charge in [0.1, 0.15) is 18.1 Å². The average Bonchev–Trinajstić information content (AvgIpc) is 2.88. The van der Waals surface area contributed by atoms with Gasteiger partial charge in [-0.15, -0.1) is 0 Å². The first-order valence-corrected chi connectivity index (χ1v) is 12.1. The highest BCUT2D eigenvalue weighted by Crippen LogP contribution is 2.33. The van der Waals surface area contributed by atoms with Crippen molar-refractivity contribution in [1.29, 1.82) is 0 Å². The highest BCUT2D eigenvalue weighted by molar-refractivity contribution is 6.31. The number of hydrogen-bond donors (Lipinski definition) is 2. The van der Waals surface area contributed by atoms with Crippen molar-refractivity contribution in [3.8, 4) is 11.5 Å². The van der Waals surface area contributed by atoms with Crippen molar-refractivity contribution in [1.82, 2.24) is 4.90 Å².